The fraction of sp³-hybridized carbons (Fsp3) is 0.231. The van der Waals surface area contributed by atoms with E-state index in [9.17, 15) is 8.42 Å². The van der Waals surface area contributed by atoms with Gasteiger partial charge >= 0.3 is 5.78 Å². The van der Waals surface area contributed by atoms with Gasteiger partial charge in [0.1, 0.15) is 17.6 Å². The lowest BCUT2D eigenvalue weighted by Gasteiger charge is -2.01. The van der Waals surface area contributed by atoms with E-state index >= 15 is 0 Å². The summed E-state index contributed by atoms with van der Waals surface area (Å²) < 4.78 is 30.6. The van der Waals surface area contributed by atoms with Crippen LogP contribution in [0.15, 0.2) is 43.1 Å². The molecule has 3 aromatic heterocycles. The van der Waals surface area contributed by atoms with E-state index in [0.29, 0.717) is 12.3 Å². The van der Waals surface area contributed by atoms with E-state index in [1.165, 1.54) is 7.11 Å². The van der Waals surface area contributed by atoms with Gasteiger partial charge in [0, 0.05) is 23.8 Å². The van der Waals surface area contributed by atoms with E-state index in [4.69, 9.17) is 0 Å². The Hall–Kier alpha value is -2.39. The molecule has 9 heteroatoms. The Bertz CT molecular complexity index is 889. The Labute approximate surface area is 127 Å². The molecule has 0 aliphatic carbocycles. The van der Waals surface area contributed by atoms with Gasteiger partial charge in [-0.15, -0.1) is 4.52 Å². The molecule has 0 radical (unpaired) electrons. The van der Waals surface area contributed by atoms with Crippen LogP contribution in [-0.2, 0) is 20.8 Å². The lowest BCUT2D eigenvalue weighted by Crippen LogP contribution is -2.36. The van der Waals surface area contributed by atoms with Crippen molar-refractivity contribution in [2.45, 2.75) is 6.54 Å². The van der Waals surface area contributed by atoms with Crippen LogP contribution >= 0.6 is 0 Å². The minimum Gasteiger partial charge on any atom is -0.273 e. The van der Waals surface area contributed by atoms with Gasteiger partial charge in [0.05, 0.1) is 7.11 Å². The van der Waals surface area contributed by atoms with Crippen molar-refractivity contribution in [2.75, 3.05) is 12.9 Å². The third kappa shape index (κ3) is 2.95. The third-order valence-corrected chi connectivity index (χ3v) is 4.46. The first-order valence-corrected chi connectivity index (χ1v) is 8.15. The van der Waals surface area contributed by atoms with Gasteiger partial charge in [-0.3, -0.25) is 4.18 Å². The first kappa shape index (κ1) is 14.5. The molecule has 0 aromatic carbocycles. The Kier molecular flexibility index (Phi) is 3.82. The third-order valence-electron chi connectivity index (χ3n) is 3.27. The molecule has 3 rings (SSSR count). The Morgan fingerprint density at radius 1 is 1.23 bits per heavy atom. The summed E-state index contributed by atoms with van der Waals surface area (Å²) in [5.41, 5.74) is 1.88. The van der Waals surface area contributed by atoms with Crippen LogP contribution in [0, 0.1) is 0 Å². The average Bonchev–Trinajstić information content (AvgIpc) is 3.02. The molecule has 0 bridgehead atoms. The van der Waals surface area contributed by atoms with Gasteiger partial charge in [-0.1, -0.05) is 9.97 Å². The summed E-state index contributed by atoms with van der Waals surface area (Å²) >= 11 is 0. The van der Waals surface area contributed by atoms with Crippen molar-refractivity contribution in [2.24, 2.45) is 0 Å². The van der Waals surface area contributed by atoms with E-state index in [2.05, 4.69) is 19.2 Å². The number of nitrogens with zero attached hydrogens (tertiary/aromatic N) is 4. The maximum Gasteiger partial charge on any atom is 0.457 e. The lowest BCUT2D eigenvalue weighted by atomic mass is 10.2. The average molecular weight is 321 g/mol. The molecule has 3 heterocycles. The van der Waals surface area contributed by atoms with Crippen molar-refractivity contribution in [1.82, 2.24) is 15.1 Å². The van der Waals surface area contributed by atoms with E-state index in [1.807, 2.05) is 30.6 Å². The minimum atomic E-state index is -3.45. The van der Waals surface area contributed by atoms with Crippen molar-refractivity contribution in [3.8, 4) is 11.3 Å². The fourth-order valence-corrected chi connectivity index (χ4v) is 2.68. The van der Waals surface area contributed by atoms with Crippen molar-refractivity contribution < 1.29 is 21.7 Å². The normalized spacial score (nSPS) is 11.9. The molecule has 0 saturated heterocycles. The van der Waals surface area contributed by atoms with Crippen LogP contribution < -0.4 is 9.08 Å². The quantitative estimate of drug-likeness (QED) is 0.504. The first-order chi connectivity index (χ1) is 10.6. The number of hydrogen-bond donors (Lipinski definition) is 1. The number of rotatable bonds is 5. The van der Waals surface area contributed by atoms with Crippen LogP contribution in [0.2, 0.25) is 0 Å². The zero-order chi connectivity index (χ0) is 15.6. The highest BCUT2D eigenvalue weighted by Gasteiger charge is 2.15. The summed E-state index contributed by atoms with van der Waals surface area (Å²) in [7, 11) is -2.28. The lowest BCUT2D eigenvalue weighted by molar-refractivity contribution is -0.692. The van der Waals surface area contributed by atoms with Crippen molar-refractivity contribution in [3.63, 3.8) is 0 Å². The second-order valence-electron chi connectivity index (χ2n) is 4.61. The molecule has 8 nitrogen and oxygen atoms in total. The molecule has 22 heavy (non-hydrogen) atoms. The SMILES string of the molecule is COS(=O)(=O)CC[n+]1ccc(-c2ccnc3nc[nH][n+]23)cc1. The number of H-pyrrole nitrogens is 1. The van der Waals surface area contributed by atoms with Gasteiger partial charge in [-0.05, 0) is 0 Å². The summed E-state index contributed by atoms with van der Waals surface area (Å²) in [4.78, 5) is 8.24. The Balaban J connectivity index is 1.84. The predicted molar refractivity (Wildman–Crippen MR) is 76.0 cm³/mol. The molecule has 3 aromatic rings. The number of pyridine rings is 1. The molecule has 0 amide bonds. The number of aromatic nitrogens is 5. The smallest absolute Gasteiger partial charge is 0.273 e. The van der Waals surface area contributed by atoms with Crippen LogP contribution in [0.25, 0.3) is 17.0 Å². The largest absolute Gasteiger partial charge is 0.457 e. The van der Waals surface area contributed by atoms with E-state index in [-0.39, 0.29) is 5.75 Å². The molecule has 114 valence electrons. The molecule has 1 N–H and O–H groups in total. The number of hydrogen-bond acceptors (Lipinski definition) is 5. The zero-order valence-corrected chi connectivity index (χ0v) is 12.7. The van der Waals surface area contributed by atoms with Crippen LogP contribution in [-0.4, -0.2) is 36.3 Å². The highest BCUT2D eigenvalue weighted by atomic mass is 32.2. The van der Waals surface area contributed by atoms with Gasteiger partial charge in [0.25, 0.3) is 10.1 Å². The van der Waals surface area contributed by atoms with E-state index < -0.39 is 10.1 Å². The van der Waals surface area contributed by atoms with Gasteiger partial charge in [0.2, 0.25) is 0 Å². The second-order valence-corrected chi connectivity index (χ2v) is 6.46. The number of aryl methyl sites for hydroxylation is 1. The van der Waals surface area contributed by atoms with E-state index in [0.717, 1.165) is 11.3 Å². The molecule has 0 aliphatic rings. The van der Waals surface area contributed by atoms with Crippen molar-refractivity contribution in [3.05, 3.63) is 43.1 Å². The molecule has 0 aliphatic heterocycles. The monoisotopic (exact) mass is 321 g/mol. The van der Waals surface area contributed by atoms with E-state index in [1.54, 1.807) is 21.6 Å². The number of fused-ring (bicyclic) bond motifs is 1. The standard InChI is InChI=1S/C13H14N5O3S/c1-21-22(19,20)9-8-17-6-3-11(4-7-17)12-2-5-14-13-15-10-16-18(12)13/h2-7,10H,8-9H2,1H3/q+1/p+1. The predicted octanol–water partition coefficient (Wildman–Crippen LogP) is -0.526. The molecule has 0 fully saturated rings. The fourth-order valence-electron chi connectivity index (χ4n) is 2.08. The summed E-state index contributed by atoms with van der Waals surface area (Å²) in [6.07, 6.45) is 6.91. The summed E-state index contributed by atoms with van der Waals surface area (Å²) in [5.74, 6) is 0.517. The Morgan fingerprint density at radius 2 is 2.00 bits per heavy atom. The van der Waals surface area contributed by atoms with Gasteiger partial charge < -0.3 is 0 Å². The molecule has 0 unspecified atom stereocenters. The van der Waals surface area contributed by atoms with Crippen LogP contribution in [0.5, 0.6) is 0 Å². The zero-order valence-electron chi connectivity index (χ0n) is 11.9. The topological polar surface area (TPSA) is 92.9 Å². The summed E-state index contributed by atoms with van der Waals surface area (Å²) in [6, 6.07) is 5.68. The summed E-state index contributed by atoms with van der Waals surface area (Å²) in [6.45, 7) is 0.333. The second kappa shape index (κ2) is 5.78. The maximum absolute atomic E-state index is 11.3. The maximum atomic E-state index is 11.3. The van der Waals surface area contributed by atoms with Crippen molar-refractivity contribution >= 4 is 15.9 Å². The Morgan fingerprint density at radius 3 is 2.73 bits per heavy atom. The van der Waals surface area contributed by atoms with Gasteiger partial charge in [-0.2, -0.15) is 8.42 Å². The van der Waals surface area contributed by atoms with Gasteiger partial charge in [-0.25, -0.2) is 9.67 Å². The molecular formula is C13H15N5O3S+2. The number of aromatic amines is 1. The molecule has 0 saturated carbocycles. The van der Waals surface area contributed by atoms with Crippen molar-refractivity contribution in [1.29, 1.82) is 0 Å². The highest BCUT2D eigenvalue weighted by molar-refractivity contribution is 7.86. The van der Waals surface area contributed by atoms with Crippen LogP contribution in [0.1, 0.15) is 0 Å². The first-order valence-electron chi connectivity index (χ1n) is 6.57. The summed E-state index contributed by atoms with van der Waals surface area (Å²) in [5, 5.41) is 2.99. The number of nitrogens with one attached hydrogen (secondary N) is 1. The molecule has 0 atom stereocenters. The molecular weight excluding hydrogens is 306 g/mol. The molecule has 0 spiro atoms. The van der Waals surface area contributed by atoms with Gasteiger partial charge in [0.15, 0.2) is 25.3 Å². The highest BCUT2D eigenvalue weighted by Crippen LogP contribution is 2.12. The van der Waals surface area contributed by atoms with Crippen LogP contribution in [0.4, 0.5) is 0 Å². The van der Waals surface area contributed by atoms with Crippen LogP contribution in [0.3, 0.4) is 0 Å². The minimum absolute atomic E-state index is 0.0671.